The number of carbonyl (C=O) groups is 1. The van der Waals surface area contributed by atoms with Crippen LogP contribution in [0.25, 0.3) is 0 Å². The average molecular weight is 313 g/mol. The molecule has 1 amide bonds. The van der Waals surface area contributed by atoms with Gasteiger partial charge in [0.05, 0.1) is 6.10 Å². The second-order valence-electron chi connectivity index (χ2n) is 9.33. The van der Waals surface area contributed by atoms with Crippen LogP contribution in [0.5, 0.6) is 0 Å². The lowest BCUT2D eigenvalue weighted by Crippen LogP contribution is -2.56. The molecule has 1 aliphatic rings. The average Bonchev–Trinajstić information content (AvgIpc) is 2.33. The van der Waals surface area contributed by atoms with Gasteiger partial charge in [-0.2, -0.15) is 0 Å². The van der Waals surface area contributed by atoms with Crippen LogP contribution >= 0.6 is 0 Å². The first-order valence-electron chi connectivity index (χ1n) is 8.28. The zero-order valence-corrected chi connectivity index (χ0v) is 15.9. The van der Waals surface area contributed by atoms with Crippen LogP contribution in [-0.4, -0.2) is 31.5 Å². The van der Waals surface area contributed by atoms with E-state index in [2.05, 4.69) is 39.9 Å². The van der Waals surface area contributed by atoms with Gasteiger partial charge in [0.25, 0.3) is 0 Å². The second-order valence-corrected chi connectivity index (χ2v) is 9.33. The van der Waals surface area contributed by atoms with Gasteiger partial charge in [0, 0.05) is 12.5 Å². The molecule has 0 aromatic carbocycles. The van der Waals surface area contributed by atoms with Crippen LogP contribution in [-0.2, 0) is 14.3 Å². The fourth-order valence-corrected chi connectivity index (χ4v) is 3.32. The third-order valence-electron chi connectivity index (χ3n) is 4.43. The Morgan fingerprint density at radius 1 is 1.23 bits per heavy atom. The normalized spacial score (nSPS) is 27.3. The van der Waals surface area contributed by atoms with E-state index in [1.54, 1.807) is 7.11 Å². The van der Waals surface area contributed by atoms with Crippen molar-refractivity contribution in [3.8, 4) is 0 Å². The molecule has 1 saturated heterocycles. The Balaban J connectivity index is 2.85. The maximum absolute atomic E-state index is 12.2. The van der Waals surface area contributed by atoms with E-state index in [4.69, 9.17) is 9.47 Å². The first-order chi connectivity index (χ1) is 9.79. The molecule has 130 valence electrons. The third kappa shape index (κ3) is 4.69. The van der Waals surface area contributed by atoms with Gasteiger partial charge in [0.1, 0.15) is 6.10 Å². The summed E-state index contributed by atoms with van der Waals surface area (Å²) in [6.45, 7) is 16.8. The fourth-order valence-electron chi connectivity index (χ4n) is 3.32. The molecule has 0 saturated carbocycles. The monoisotopic (exact) mass is 313 g/mol. The molecule has 1 fully saturated rings. The summed E-state index contributed by atoms with van der Waals surface area (Å²) >= 11 is 0. The van der Waals surface area contributed by atoms with Crippen molar-refractivity contribution in [2.45, 2.75) is 86.7 Å². The smallest absolute Gasteiger partial charge is 0.227 e. The van der Waals surface area contributed by atoms with Gasteiger partial charge >= 0.3 is 0 Å². The Hall–Kier alpha value is -0.610. The third-order valence-corrected chi connectivity index (χ3v) is 4.43. The molecule has 1 aliphatic heterocycles. The van der Waals surface area contributed by atoms with E-state index < -0.39 is 11.6 Å². The molecular formula is C18H35NO3. The van der Waals surface area contributed by atoms with E-state index in [-0.39, 0.29) is 28.9 Å². The molecule has 3 atom stereocenters. The molecule has 1 N–H and O–H groups in total. The van der Waals surface area contributed by atoms with Gasteiger partial charge in [0.15, 0.2) is 6.23 Å². The predicted molar refractivity (Wildman–Crippen MR) is 89.5 cm³/mol. The Morgan fingerprint density at radius 2 is 1.77 bits per heavy atom. The first-order valence-corrected chi connectivity index (χ1v) is 8.28. The lowest BCUT2D eigenvalue weighted by Gasteiger charge is -2.49. The van der Waals surface area contributed by atoms with Gasteiger partial charge < -0.3 is 14.8 Å². The molecule has 0 aliphatic carbocycles. The highest BCUT2D eigenvalue weighted by atomic mass is 16.6. The van der Waals surface area contributed by atoms with E-state index in [0.717, 1.165) is 12.8 Å². The van der Waals surface area contributed by atoms with Gasteiger partial charge in [-0.3, -0.25) is 4.79 Å². The number of hydrogen-bond donors (Lipinski definition) is 1. The summed E-state index contributed by atoms with van der Waals surface area (Å²) in [5.74, 6) is -0.0138. The van der Waals surface area contributed by atoms with Crippen LogP contribution in [0, 0.1) is 16.2 Å². The highest BCUT2D eigenvalue weighted by Crippen LogP contribution is 2.44. The molecule has 0 aromatic rings. The molecule has 1 heterocycles. The Morgan fingerprint density at radius 3 is 2.18 bits per heavy atom. The van der Waals surface area contributed by atoms with Crippen molar-refractivity contribution in [3.05, 3.63) is 0 Å². The van der Waals surface area contributed by atoms with Gasteiger partial charge in [-0.25, -0.2) is 0 Å². The standard InChI is InChI=1S/C18H35NO3/c1-16(2,3)14-18(7,8)11-10-12(22-14)13(21-9)19-15(20)17(4,5)6/h12-14H,10-11H2,1-9H3,(H,19,20)/t12-,13-,14?/m0/s1. The van der Waals surface area contributed by atoms with Crippen molar-refractivity contribution in [2.75, 3.05) is 7.11 Å². The first kappa shape index (κ1) is 19.4. The molecule has 4 heteroatoms. The van der Waals surface area contributed by atoms with Crippen LogP contribution < -0.4 is 5.32 Å². The fraction of sp³-hybridized carbons (Fsp3) is 0.944. The topological polar surface area (TPSA) is 47.6 Å². The minimum absolute atomic E-state index is 0.0138. The molecule has 22 heavy (non-hydrogen) atoms. The van der Waals surface area contributed by atoms with Crippen molar-refractivity contribution in [1.29, 1.82) is 0 Å². The quantitative estimate of drug-likeness (QED) is 0.807. The number of carbonyl (C=O) groups excluding carboxylic acids is 1. The molecule has 0 bridgehead atoms. The number of amides is 1. The molecule has 0 aromatic heterocycles. The molecular weight excluding hydrogens is 278 g/mol. The van der Waals surface area contributed by atoms with Crippen molar-refractivity contribution in [3.63, 3.8) is 0 Å². The number of rotatable bonds is 3. The number of hydrogen-bond acceptors (Lipinski definition) is 3. The predicted octanol–water partition coefficient (Wildman–Crippen LogP) is 3.74. The van der Waals surface area contributed by atoms with Crippen molar-refractivity contribution in [2.24, 2.45) is 16.2 Å². The zero-order chi connectivity index (χ0) is 17.3. The van der Waals surface area contributed by atoms with E-state index >= 15 is 0 Å². The van der Waals surface area contributed by atoms with Crippen LogP contribution in [0.1, 0.15) is 68.2 Å². The molecule has 0 spiro atoms. The Labute approximate surface area is 136 Å². The Kier molecular flexibility index (Phi) is 5.73. The minimum Gasteiger partial charge on any atom is -0.369 e. The summed E-state index contributed by atoms with van der Waals surface area (Å²) in [5, 5.41) is 2.99. The highest BCUT2D eigenvalue weighted by molar-refractivity contribution is 5.81. The van der Waals surface area contributed by atoms with Gasteiger partial charge in [0.2, 0.25) is 5.91 Å². The van der Waals surface area contributed by atoms with Crippen LogP contribution in [0.15, 0.2) is 0 Å². The van der Waals surface area contributed by atoms with Crippen molar-refractivity contribution in [1.82, 2.24) is 5.32 Å². The lowest BCUT2D eigenvalue weighted by molar-refractivity contribution is -0.199. The SMILES string of the molecule is CO[C@H](NC(=O)C(C)(C)C)[C@@H]1CCC(C)(C)C(C(C)(C)C)O1. The maximum atomic E-state index is 12.2. The summed E-state index contributed by atoms with van der Waals surface area (Å²) < 4.78 is 11.9. The largest absolute Gasteiger partial charge is 0.369 e. The van der Waals surface area contributed by atoms with E-state index in [0.29, 0.717) is 0 Å². The molecule has 1 unspecified atom stereocenters. The number of ether oxygens (including phenoxy) is 2. The maximum Gasteiger partial charge on any atom is 0.227 e. The van der Waals surface area contributed by atoms with Gasteiger partial charge in [-0.1, -0.05) is 55.4 Å². The van der Waals surface area contributed by atoms with Crippen LogP contribution in [0.4, 0.5) is 0 Å². The zero-order valence-electron chi connectivity index (χ0n) is 15.9. The lowest BCUT2D eigenvalue weighted by atomic mass is 9.68. The summed E-state index contributed by atoms with van der Waals surface area (Å²) in [4.78, 5) is 12.2. The summed E-state index contributed by atoms with van der Waals surface area (Å²) in [6, 6.07) is 0. The van der Waals surface area contributed by atoms with E-state index in [1.807, 2.05) is 20.8 Å². The molecule has 1 rings (SSSR count). The minimum atomic E-state index is -0.436. The summed E-state index contributed by atoms with van der Waals surface area (Å²) in [6.07, 6.45) is 1.58. The van der Waals surface area contributed by atoms with Gasteiger partial charge in [-0.05, 0) is 23.7 Å². The van der Waals surface area contributed by atoms with Crippen molar-refractivity contribution >= 4 is 5.91 Å². The van der Waals surface area contributed by atoms with Crippen LogP contribution in [0.2, 0.25) is 0 Å². The number of nitrogens with one attached hydrogen (secondary N) is 1. The van der Waals surface area contributed by atoms with Gasteiger partial charge in [-0.15, -0.1) is 0 Å². The van der Waals surface area contributed by atoms with E-state index in [1.165, 1.54) is 0 Å². The van der Waals surface area contributed by atoms with Crippen LogP contribution in [0.3, 0.4) is 0 Å². The Bertz CT molecular complexity index is 390. The number of methoxy groups -OCH3 is 1. The van der Waals surface area contributed by atoms with E-state index in [9.17, 15) is 4.79 Å². The molecule has 0 radical (unpaired) electrons. The second kappa shape index (κ2) is 6.48. The van der Waals surface area contributed by atoms with Crippen molar-refractivity contribution < 1.29 is 14.3 Å². The summed E-state index contributed by atoms with van der Waals surface area (Å²) in [7, 11) is 1.63. The summed E-state index contributed by atoms with van der Waals surface area (Å²) in [5.41, 5.74) is -0.260. The molecule has 4 nitrogen and oxygen atoms in total. The highest BCUT2D eigenvalue weighted by Gasteiger charge is 2.46.